The minimum absolute atomic E-state index is 0.158. The minimum Gasteiger partial charge on any atom is -0.497 e. The van der Waals surface area contributed by atoms with Gasteiger partial charge < -0.3 is 15.4 Å². The Morgan fingerprint density at radius 2 is 1.68 bits per heavy atom. The van der Waals surface area contributed by atoms with Gasteiger partial charge in [0.2, 0.25) is 5.95 Å². The van der Waals surface area contributed by atoms with Crippen LogP contribution in [0.25, 0.3) is 0 Å². The van der Waals surface area contributed by atoms with Gasteiger partial charge in [0.25, 0.3) is 5.91 Å². The molecule has 2 aromatic carbocycles. The fourth-order valence-corrected chi connectivity index (χ4v) is 2.70. The van der Waals surface area contributed by atoms with Gasteiger partial charge in [0.1, 0.15) is 5.75 Å². The Bertz CT molecular complexity index is 865. The molecule has 144 valence electrons. The van der Waals surface area contributed by atoms with Gasteiger partial charge in [0, 0.05) is 25.5 Å². The van der Waals surface area contributed by atoms with E-state index < -0.39 is 0 Å². The molecule has 0 bridgehead atoms. The third kappa shape index (κ3) is 5.81. The number of nitrogens with zero attached hydrogens (tertiary/aromatic N) is 2. The highest BCUT2D eigenvalue weighted by Crippen LogP contribution is 2.12. The van der Waals surface area contributed by atoms with E-state index in [0.717, 1.165) is 24.2 Å². The van der Waals surface area contributed by atoms with E-state index in [1.807, 2.05) is 42.5 Å². The molecule has 1 heterocycles. The number of ether oxygens (including phenoxy) is 1. The quantitative estimate of drug-likeness (QED) is 0.559. The molecule has 0 spiro atoms. The normalized spacial score (nSPS) is 10.3. The van der Waals surface area contributed by atoms with Crippen LogP contribution in [0.3, 0.4) is 0 Å². The van der Waals surface area contributed by atoms with Gasteiger partial charge in [0.05, 0.1) is 12.7 Å². The first-order valence-corrected chi connectivity index (χ1v) is 9.25. The third-order valence-corrected chi connectivity index (χ3v) is 4.29. The standard InChI is InChI=1S/C22H24N4O2/c1-28-20-11-9-18(10-12-20)14-24-22-25-15-19(16-26-22)21(27)23-13-5-8-17-6-3-2-4-7-17/h2-4,6-7,9-12,15-16H,5,8,13-14H2,1H3,(H,23,27)(H,24,25,26). The predicted octanol–water partition coefficient (Wildman–Crippen LogP) is 3.46. The van der Waals surface area contributed by atoms with Crippen molar-refractivity contribution in [3.05, 3.63) is 83.7 Å². The summed E-state index contributed by atoms with van der Waals surface area (Å²) in [7, 11) is 1.64. The lowest BCUT2D eigenvalue weighted by Crippen LogP contribution is -2.25. The Kier molecular flexibility index (Phi) is 6.95. The monoisotopic (exact) mass is 376 g/mol. The Morgan fingerprint density at radius 1 is 0.964 bits per heavy atom. The molecular weight excluding hydrogens is 352 g/mol. The Morgan fingerprint density at radius 3 is 2.36 bits per heavy atom. The number of benzene rings is 2. The molecule has 0 aliphatic heterocycles. The number of amides is 1. The fraction of sp³-hybridized carbons (Fsp3) is 0.227. The van der Waals surface area contributed by atoms with Crippen molar-refractivity contribution in [2.24, 2.45) is 0 Å². The molecule has 6 nitrogen and oxygen atoms in total. The highest BCUT2D eigenvalue weighted by Gasteiger charge is 2.06. The van der Waals surface area contributed by atoms with Crippen LogP contribution in [-0.2, 0) is 13.0 Å². The van der Waals surface area contributed by atoms with Crippen molar-refractivity contribution < 1.29 is 9.53 Å². The van der Waals surface area contributed by atoms with Gasteiger partial charge in [-0.2, -0.15) is 0 Å². The van der Waals surface area contributed by atoms with Gasteiger partial charge in [-0.25, -0.2) is 9.97 Å². The smallest absolute Gasteiger partial charge is 0.254 e. The molecule has 28 heavy (non-hydrogen) atoms. The Balaban J connectivity index is 1.41. The predicted molar refractivity (Wildman–Crippen MR) is 109 cm³/mol. The summed E-state index contributed by atoms with van der Waals surface area (Å²) >= 11 is 0. The molecule has 1 aromatic heterocycles. The van der Waals surface area contributed by atoms with Crippen LogP contribution in [0, 0.1) is 0 Å². The zero-order valence-electron chi connectivity index (χ0n) is 15.9. The molecule has 0 unspecified atom stereocenters. The van der Waals surface area contributed by atoms with Crippen molar-refractivity contribution in [3.63, 3.8) is 0 Å². The zero-order chi connectivity index (χ0) is 19.6. The lowest BCUT2D eigenvalue weighted by Gasteiger charge is -2.07. The van der Waals surface area contributed by atoms with Crippen LogP contribution in [-0.4, -0.2) is 29.5 Å². The van der Waals surface area contributed by atoms with E-state index in [0.29, 0.717) is 24.6 Å². The average Bonchev–Trinajstić information content (AvgIpc) is 2.76. The summed E-state index contributed by atoms with van der Waals surface area (Å²) in [4.78, 5) is 20.6. The summed E-state index contributed by atoms with van der Waals surface area (Å²) in [5.74, 6) is 1.14. The number of carbonyl (C=O) groups is 1. The van der Waals surface area contributed by atoms with Crippen LogP contribution in [0.1, 0.15) is 27.9 Å². The van der Waals surface area contributed by atoms with Crippen molar-refractivity contribution in [3.8, 4) is 5.75 Å². The number of hydrogen-bond acceptors (Lipinski definition) is 5. The second-order valence-corrected chi connectivity index (χ2v) is 6.34. The molecule has 0 atom stereocenters. The fourth-order valence-electron chi connectivity index (χ4n) is 2.70. The molecule has 0 aliphatic carbocycles. The molecule has 0 saturated carbocycles. The maximum atomic E-state index is 12.2. The van der Waals surface area contributed by atoms with E-state index in [1.54, 1.807) is 7.11 Å². The first kappa shape index (κ1) is 19.4. The van der Waals surface area contributed by atoms with E-state index >= 15 is 0 Å². The van der Waals surface area contributed by atoms with Crippen molar-refractivity contribution in [2.75, 3.05) is 19.0 Å². The molecule has 3 rings (SSSR count). The van der Waals surface area contributed by atoms with Gasteiger partial charge in [-0.3, -0.25) is 4.79 Å². The molecule has 6 heteroatoms. The van der Waals surface area contributed by atoms with Crippen LogP contribution in [0.4, 0.5) is 5.95 Å². The van der Waals surface area contributed by atoms with Crippen molar-refractivity contribution in [1.29, 1.82) is 0 Å². The maximum absolute atomic E-state index is 12.2. The van der Waals surface area contributed by atoms with E-state index in [9.17, 15) is 4.79 Å². The van der Waals surface area contributed by atoms with E-state index in [4.69, 9.17) is 4.74 Å². The molecule has 0 aliphatic rings. The van der Waals surface area contributed by atoms with E-state index in [1.165, 1.54) is 18.0 Å². The molecule has 0 radical (unpaired) electrons. The molecule has 1 amide bonds. The summed E-state index contributed by atoms with van der Waals surface area (Å²) in [5, 5.41) is 6.05. The summed E-state index contributed by atoms with van der Waals surface area (Å²) in [6, 6.07) is 18.0. The summed E-state index contributed by atoms with van der Waals surface area (Å²) in [6.07, 6.45) is 4.90. The van der Waals surface area contributed by atoms with Crippen LogP contribution < -0.4 is 15.4 Å². The van der Waals surface area contributed by atoms with Gasteiger partial charge in [0.15, 0.2) is 0 Å². The second kappa shape index (κ2) is 10.1. The molecule has 2 N–H and O–H groups in total. The first-order valence-electron chi connectivity index (χ1n) is 9.25. The van der Waals surface area contributed by atoms with Gasteiger partial charge in [-0.15, -0.1) is 0 Å². The maximum Gasteiger partial charge on any atom is 0.254 e. The number of nitrogens with one attached hydrogen (secondary N) is 2. The largest absolute Gasteiger partial charge is 0.497 e. The minimum atomic E-state index is -0.158. The highest BCUT2D eigenvalue weighted by atomic mass is 16.5. The highest BCUT2D eigenvalue weighted by molar-refractivity contribution is 5.93. The van der Waals surface area contributed by atoms with Crippen LogP contribution in [0.2, 0.25) is 0 Å². The first-order chi connectivity index (χ1) is 13.7. The summed E-state index contributed by atoms with van der Waals surface area (Å²) in [6.45, 7) is 1.21. The number of methoxy groups -OCH3 is 1. The van der Waals surface area contributed by atoms with E-state index in [2.05, 4.69) is 32.7 Å². The zero-order valence-corrected chi connectivity index (χ0v) is 15.9. The SMILES string of the molecule is COc1ccc(CNc2ncc(C(=O)NCCCc3ccccc3)cn2)cc1. The Hall–Kier alpha value is -3.41. The van der Waals surface area contributed by atoms with Crippen LogP contribution in [0.15, 0.2) is 67.0 Å². The third-order valence-electron chi connectivity index (χ3n) is 4.29. The number of carbonyl (C=O) groups excluding carboxylic acids is 1. The van der Waals surface area contributed by atoms with Gasteiger partial charge in [-0.1, -0.05) is 42.5 Å². The summed E-state index contributed by atoms with van der Waals surface area (Å²) < 4.78 is 5.14. The van der Waals surface area contributed by atoms with Crippen molar-refractivity contribution in [1.82, 2.24) is 15.3 Å². The number of anilines is 1. The van der Waals surface area contributed by atoms with Crippen LogP contribution >= 0.6 is 0 Å². The van der Waals surface area contributed by atoms with Crippen molar-refractivity contribution in [2.45, 2.75) is 19.4 Å². The molecule has 3 aromatic rings. The summed E-state index contributed by atoms with van der Waals surface area (Å²) in [5.41, 5.74) is 2.81. The van der Waals surface area contributed by atoms with Gasteiger partial charge >= 0.3 is 0 Å². The van der Waals surface area contributed by atoms with E-state index in [-0.39, 0.29) is 5.91 Å². The number of rotatable bonds is 9. The molecule has 0 saturated heterocycles. The average molecular weight is 376 g/mol. The van der Waals surface area contributed by atoms with Gasteiger partial charge in [-0.05, 0) is 36.1 Å². The molecule has 0 fully saturated rings. The van der Waals surface area contributed by atoms with Crippen molar-refractivity contribution >= 4 is 11.9 Å². The number of aromatic nitrogens is 2. The lowest BCUT2D eigenvalue weighted by atomic mass is 10.1. The number of hydrogen-bond donors (Lipinski definition) is 2. The molecular formula is C22H24N4O2. The Labute approximate surface area is 165 Å². The second-order valence-electron chi connectivity index (χ2n) is 6.34. The lowest BCUT2D eigenvalue weighted by molar-refractivity contribution is 0.0952. The topological polar surface area (TPSA) is 76.1 Å². The van der Waals surface area contributed by atoms with Crippen LogP contribution in [0.5, 0.6) is 5.75 Å². The number of aryl methyl sites for hydroxylation is 1.